The highest BCUT2D eigenvalue weighted by molar-refractivity contribution is 5.43. The van der Waals surface area contributed by atoms with Crippen LogP contribution in [0.2, 0.25) is 0 Å². The lowest BCUT2D eigenvalue weighted by Gasteiger charge is -2.07. The van der Waals surface area contributed by atoms with Crippen LogP contribution in [0.15, 0.2) is 28.9 Å². The molecule has 0 aliphatic carbocycles. The Kier molecular flexibility index (Phi) is 2.95. The number of benzene rings is 1. The van der Waals surface area contributed by atoms with Crippen molar-refractivity contribution in [1.29, 1.82) is 0 Å². The van der Waals surface area contributed by atoms with Crippen LogP contribution in [0.25, 0.3) is 0 Å². The zero-order valence-corrected chi connectivity index (χ0v) is 8.89. The summed E-state index contributed by atoms with van der Waals surface area (Å²) in [4.78, 5) is 3.73. The molecule has 0 aliphatic rings. The first kappa shape index (κ1) is 10.4. The molecule has 5 heteroatoms. The minimum absolute atomic E-state index is 0.329. The molecule has 0 unspecified atom stereocenters. The van der Waals surface area contributed by atoms with Crippen molar-refractivity contribution in [2.75, 3.05) is 14.2 Å². The van der Waals surface area contributed by atoms with Crippen molar-refractivity contribution in [3.05, 3.63) is 30.9 Å². The average molecular weight is 220 g/mol. The Morgan fingerprint density at radius 2 is 1.69 bits per heavy atom. The number of hydrogen-bond acceptors (Lipinski definition) is 5. The van der Waals surface area contributed by atoms with Gasteiger partial charge in [0.2, 0.25) is 0 Å². The molecule has 2 aromatic rings. The van der Waals surface area contributed by atoms with Gasteiger partial charge in [0.1, 0.15) is 17.2 Å². The van der Waals surface area contributed by atoms with Crippen molar-refractivity contribution in [3.8, 4) is 23.1 Å². The Bertz CT molecular complexity index is 431. The van der Waals surface area contributed by atoms with E-state index >= 15 is 0 Å². The maximum absolute atomic E-state index is 5.41. The van der Waals surface area contributed by atoms with Gasteiger partial charge in [0.05, 0.1) is 14.2 Å². The molecule has 0 bridgehead atoms. The van der Waals surface area contributed by atoms with E-state index in [-0.39, 0.29) is 0 Å². The molecule has 0 aliphatic heterocycles. The van der Waals surface area contributed by atoms with Gasteiger partial charge in [-0.25, -0.2) is 0 Å². The molecule has 1 radical (unpaired) electrons. The predicted molar refractivity (Wildman–Crippen MR) is 55.0 cm³/mol. The maximum Gasteiger partial charge on any atom is 0.287 e. The summed E-state index contributed by atoms with van der Waals surface area (Å²) >= 11 is 0. The van der Waals surface area contributed by atoms with Gasteiger partial charge in [-0.1, -0.05) is 0 Å². The molecular formula is C11H10NO4. The standard InChI is InChI=1S/C11H10NO4/c1-13-8-3-9(14-2)5-10(4-8)16-11-6-15-7-12-11/h3-6H,1-2H3. The molecule has 0 atom stereocenters. The van der Waals surface area contributed by atoms with Crippen molar-refractivity contribution >= 4 is 0 Å². The summed E-state index contributed by atoms with van der Waals surface area (Å²) in [6.45, 7) is 0. The van der Waals surface area contributed by atoms with Crippen molar-refractivity contribution in [1.82, 2.24) is 4.98 Å². The third kappa shape index (κ3) is 2.25. The molecule has 0 spiro atoms. The van der Waals surface area contributed by atoms with Crippen LogP contribution in [0.1, 0.15) is 0 Å². The summed E-state index contributed by atoms with van der Waals surface area (Å²) in [5.41, 5.74) is 0. The molecule has 2 rings (SSSR count). The van der Waals surface area contributed by atoms with E-state index in [1.165, 1.54) is 6.26 Å². The Morgan fingerprint density at radius 3 is 2.19 bits per heavy atom. The van der Waals surface area contributed by atoms with Crippen molar-refractivity contribution in [2.45, 2.75) is 0 Å². The molecule has 0 saturated carbocycles. The lowest BCUT2D eigenvalue weighted by molar-refractivity contribution is 0.384. The first-order valence-electron chi connectivity index (χ1n) is 4.54. The fraction of sp³-hybridized carbons (Fsp3) is 0.182. The molecule has 83 valence electrons. The first-order valence-corrected chi connectivity index (χ1v) is 4.54. The Morgan fingerprint density at radius 1 is 1.06 bits per heavy atom. The number of aromatic nitrogens is 1. The highest BCUT2D eigenvalue weighted by Gasteiger charge is 2.05. The van der Waals surface area contributed by atoms with Gasteiger partial charge in [0, 0.05) is 18.2 Å². The van der Waals surface area contributed by atoms with Crippen molar-refractivity contribution in [2.24, 2.45) is 0 Å². The summed E-state index contributed by atoms with van der Waals surface area (Å²) in [7, 11) is 3.14. The fourth-order valence-electron chi connectivity index (χ4n) is 1.18. The Labute approximate surface area is 92.6 Å². The van der Waals surface area contributed by atoms with Gasteiger partial charge in [-0.05, 0) is 0 Å². The van der Waals surface area contributed by atoms with E-state index in [4.69, 9.17) is 14.2 Å². The first-order chi connectivity index (χ1) is 7.81. The highest BCUT2D eigenvalue weighted by Crippen LogP contribution is 2.29. The van der Waals surface area contributed by atoms with Gasteiger partial charge >= 0.3 is 0 Å². The molecule has 5 nitrogen and oxygen atoms in total. The van der Waals surface area contributed by atoms with Gasteiger partial charge in [-0.3, -0.25) is 0 Å². The molecule has 0 saturated heterocycles. The number of ether oxygens (including phenoxy) is 3. The lowest BCUT2D eigenvalue weighted by atomic mass is 10.3. The summed E-state index contributed by atoms with van der Waals surface area (Å²) in [6.07, 6.45) is 3.65. The summed E-state index contributed by atoms with van der Waals surface area (Å²) in [5, 5.41) is 0. The van der Waals surface area contributed by atoms with Gasteiger partial charge < -0.3 is 18.6 Å². The molecule has 1 aromatic carbocycles. The van der Waals surface area contributed by atoms with Crippen LogP contribution in [0.5, 0.6) is 23.1 Å². The van der Waals surface area contributed by atoms with Gasteiger partial charge in [0.25, 0.3) is 12.3 Å². The normalized spacial score (nSPS) is 9.88. The number of rotatable bonds is 4. The zero-order chi connectivity index (χ0) is 11.4. The number of methoxy groups -OCH3 is 2. The van der Waals surface area contributed by atoms with Crippen LogP contribution >= 0.6 is 0 Å². The van der Waals surface area contributed by atoms with E-state index in [1.807, 2.05) is 0 Å². The summed E-state index contributed by atoms with van der Waals surface area (Å²) < 4.78 is 20.3. The van der Waals surface area contributed by atoms with Crippen LogP contribution in [-0.4, -0.2) is 19.2 Å². The van der Waals surface area contributed by atoms with E-state index in [1.54, 1.807) is 32.4 Å². The topological polar surface area (TPSA) is 53.7 Å². The van der Waals surface area contributed by atoms with Crippen LogP contribution in [0.4, 0.5) is 0 Å². The van der Waals surface area contributed by atoms with Crippen molar-refractivity contribution in [3.63, 3.8) is 0 Å². The average Bonchev–Trinajstić information content (AvgIpc) is 2.81. The van der Waals surface area contributed by atoms with Crippen LogP contribution in [-0.2, 0) is 0 Å². The molecule has 1 aromatic heterocycles. The summed E-state index contributed by atoms with van der Waals surface area (Å²) in [5.74, 6) is 2.16. The predicted octanol–water partition coefficient (Wildman–Crippen LogP) is 2.28. The Balaban J connectivity index is 2.26. The summed E-state index contributed by atoms with van der Waals surface area (Å²) in [6, 6.07) is 5.19. The smallest absolute Gasteiger partial charge is 0.287 e. The van der Waals surface area contributed by atoms with Gasteiger partial charge in [-0.15, -0.1) is 0 Å². The number of hydrogen-bond donors (Lipinski definition) is 0. The SMILES string of the molecule is COc1cc(OC)cc(Oc2co[c]n2)c1. The maximum atomic E-state index is 5.41. The molecule has 0 N–H and O–H groups in total. The molecule has 0 amide bonds. The number of oxazole rings is 1. The van der Waals surface area contributed by atoms with Crippen LogP contribution in [0, 0.1) is 6.39 Å². The fourth-order valence-corrected chi connectivity index (χ4v) is 1.18. The van der Waals surface area contributed by atoms with E-state index in [2.05, 4.69) is 15.8 Å². The monoisotopic (exact) mass is 220 g/mol. The number of nitrogens with zero attached hydrogens (tertiary/aromatic N) is 1. The van der Waals surface area contributed by atoms with Crippen LogP contribution < -0.4 is 14.2 Å². The zero-order valence-electron chi connectivity index (χ0n) is 8.89. The molecule has 1 heterocycles. The van der Waals surface area contributed by atoms with E-state index in [0.717, 1.165) is 0 Å². The largest absolute Gasteiger partial charge is 0.496 e. The molecule has 0 fully saturated rings. The molecular weight excluding hydrogens is 210 g/mol. The minimum atomic E-state index is 0.329. The quantitative estimate of drug-likeness (QED) is 0.791. The second-order valence-electron chi connectivity index (χ2n) is 2.93. The Hall–Kier alpha value is -2.17. The third-order valence-electron chi connectivity index (χ3n) is 1.92. The van der Waals surface area contributed by atoms with E-state index in [0.29, 0.717) is 23.1 Å². The van der Waals surface area contributed by atoms with Gasteiger partial charge in [-0.2, -0.15) is 4.98 Å². The van der Waals surface area contributed by atoms with Crippen molar-refractivity contribution < 1.29 is 18.6 Å². The highest BCUT2D eigenvalue weighted by atomic mass is 16.5. The third-order valence-corrected chi connectivity index (χ3v) is 1.92. The van der Waals surface area contributed by atoms with E-state index < -0.39 is 0 Å². The second-order valence-corrected chi connectivity index (χ2v) is 2.93. The lowest BCUT2D eigenvalue weighted by Crippen LogP contribution is -1.90. The van der Waals surface area contributed by atoms with Crippen LogP contribution in [0.3, 0.4) is 0 Å². The van der Waals surface area contributed by atoms with Gasteiger partial charge in [0.15, 0.2) is 6.26 Å². The van der Waals surface area contributed by atoms with E-state index in [9.17, 15) is 0 Å². The molecule has 16 heavy (non-hydrogen) atoms. The second kappa shape index (κ2) is 4.57. The minimum Gasteiger partial charge on any atom is -0.496 e.